The van der Waals surface area contributed by atoms with E-state index in [1.807, 2.05) is 0 Å². The van der Waals surface area contributed by atoms with Crippen LogP contribution in [0.1, 0.15) is 5.69 Å². The molecule has 15 heavy (non-hydrogen) atoms. The molecule has 0 amide bonds. The summed E-state index contributed by atoms with van der Waals surface area (Å²) >= 11 is 5.82. The number of aromatic nitrogens is 2. The first-order valence-corrected chi connectivity index (χ1v) is 4.58. The van der Waals surface area contributed by atoms with Gasteiger partial charge < -0.3 is 5.11 Å². The summed E-state index contributed by atoms with van der Waals surface area (Å²) in [5, 5.41) is 9.07. The van der Waals surface area contributed by atoms with E-state index in [0.717, 1.165) is 11.7 Å². The van der Waals surface area contributed by atoms with Gasteiger partial charge in [-0.05, 0) is 18.2 Å². The number of fused-ring (bicyclic) bond motifs is 1. The van der Waals surface area contributed by atoms with Crippen LogP contribution in [0.15, 0.2) is 30.6 Å². The zero-order valence-electron chi connectivity index (χ0n) is 7.59. The van der Waals surface area contributed by atoms with Crippen LogP contribution in [0.3, 0.4) is 0 Å². The van der Waals surface area contributed by atoms with Gasteiger partial charge in [0.1, 0.15) is 5.65 Å². The molecule has 0 saturated carbocycles. The van der Waals surface area contributed by atoms with E-state index in [9.17, 15) is 4.79 Å². The van der Waals surface area contributed by atoms with Crippen molar-refractivity contribution in [1.29, 1.82) is 0 Å². The molecule has 0 saturated heterocycles. The van der Waals surface area contributed by atoms with Gasteiger partial charge >= 0.3 is 5.97 Å². The van der Waals surface area contributed by atoms with Gasteiger partial charge in [-0.15, -0.1) is 0 Å². The van der Waals surface area contributed by atoms with Gasteiger partial charge in [0, 0.05) is 12.3 Å². The predicted molar refractivity (Wildman–Crippen MR) is 56.9 cm³/mol. The molecule has 0 atom stereocenters. The summed E-state index contributed by atoms with van der Waals surface area (Å²) < 4.78 is 1.72. The largest absolute Gasteiger partial charge is 0.478 e. The van der Waals surface area contributed by atoms with Gasteiger partial charge in [0.15, 0.2) is 0 Å². The van der Waals surface area contributed by atoms with E-state index in [2.05, 4.69) is 4.98 Å². The van der Waals surface area contributed by atoms with E-state index in [4.69, 9.17) is 16.7 Å². The van der Waals surface area contributed by atoms with Gasteiger partial charge in [-0.25, -0.2) is 9.78 Å². The number of halogens is 1. The smallest absolute Gasteiger partial charge is 0.328 e. The normalized spacial score (nSPS) is 11.3. The molecular weight excluding hydrogens is 216 g/mol. The maximum atomic E-state index is 10.4. The fraction of sp³-hybridized carbons (Fsp3) is 0. The van der Waals surface area contributed by atoms with Crippen molar-refractivity contribution in [3.8, 4) is 0 Å². The first-order valence-electron chi connectivity index (χ1n) is 4.20. The first-order chi connectivity index (χ1) is 7.16. The summed E-state index contributed by atoms with van der Waals surface area (Å²) in [5.74, 6) is -0.994. The van der Waals surface area contributed by atoms with Gasteiger partial charge in [-0.1, -0.05) is 11.6 Å². The van der Waals surface area contributed by atoms with Crippen molar-refractivity contribution < 1.29 is 9.90 Å². The molecule has 0 aromatic carbocycles. The van der Waals surface area contributed by atoms with E-state index in [1.54, 1.807) is 28.9 Å². The van der Waals surface area contributed by atoms with Crippen molar-refractivity contribution in [3.63, 3.8) is 0 Å². The number of aliphatic carboxylic acids is 1. The van der Waals surface area contributed by atoms with Crippen molar-refractivity contribution in [2.45, 2.75) is 0 Å². The predicted octanol–water partition coefficient (Wildman–Crippen LogP) is 2.09. The van der Waals surface area contributed by atoms with Crippen LogP contribution in [0.5, 0.6) is 0 Å². The standard InChI is InChI=1S/C10H7ClN2O2/c11-7-1-3-9-12-5-8(13(9)6-7)2-4-10(14)15/h1-6H,(H,14,15). The zero-order valence-corrected chi connectivity index (χ0v) is 8.35. The van der Waals surface area contributed by atoms with Crippen LogP contribution >= 0.6 is 11.6 Å². The molecule has 0 bridgehead atoms. The van der Waals surface area contributed by atoms with Crippen LogP contribution in [0.2, 0.25) is 5.02 Å². The second-order valence-electron chi connectivity index (χ2n) is 2.93. The Morgan fingerprint density at radius 2 is 2.33 bits per heavy atom. The molecule has 4 nitrogen and oxygen atoms in total. The Morgan fingerprint density at radius 1 is 1.53 bits per heavy atom. The summed E-state index contributed by atoms with van der Waals surface area (Å²) in [7, 11) is 0. The average molecular weight is 223 g/mol. The number of nitrogens with zero attached hydrogens (tertiary/aromatic N) is 2. The van der Waals surface area contributed by atoms with Gasteiger partial charge in [-0.2, -0.15) is 0 Å². The Morgan fingerprint density at radius 3 is 3.07 bits per heavy atom. The fourth-order valence-electron chi connectivity index (χ4n) is 1.25. The Balaban J connectivity index is 2.52. The Bertz CT molecular complexity index is 545. The molecule has 76 valence electrons. The van der Waals surface area contributed by atoms with Gasteiger partial charge in [0.25, 0.3) is 0 Å². The maximum Gasteiger partial charge on any atom is 0.328 e. The zero-order chi connectivity index (χ0) is 10.8. The summed E-state index contributed by atoms with van der Waals surface area (Å²) in [6.07, 6.45) is 5.81. The molecule has 1 N–H and O–H groups in total. The lowest BCUT2D eigenvalue weighted by Gasteiger charge is -1.96. The molecule has 0 fully saturated rings. The van der Waals surface area contributed by atoms with Crippen LogP contribution in [0, 0.1) is 0 Å². The lowest BCUT2D eigenvalue weighted by Crippen LogP contribution is -1.89. The Kier molecular flexibility index (Phi) is 2.43. The van der Waals surface area contributed by atoms with Crippen LogP contribution in [-0.4, -0.2) is 20.5 Å². The van der Waals surface area contributed by atoms with Gasteiger partial charge in [0.2, 0.25) is 0 Å². The van der Waals surface area contributed by atoms with Crippen LogP contribution < -0.4 is 0 Å². The summed E-state index contributed by atoms with van der Waals surface area (Å²) in [5.41, 5.74) is 1.40. The lowest BCUT2D eigenvalue weighted by molar-refractivity contribution is -0.131. The molecule has 2 aromatic heterocycles. The van der Waals surface area contributed by atoms with E-state index in [0.29, 0.717) is 10.7 Å². The minimum absolute atomic E-state index is 0.575. The number of hydrogen-bond donors (Lipinski definition) is 1. The van der Waals surface area contributed by atoms with Crippen LogP contribution in [-0.2, 0) is 4.79 Å². The summed E-state index contributed by atoms with van der Waals surface area (Å²) in [4.78, 5) is 14.5. The van der Waals surface area contributed by atoms with Crippen molar-refractivity contribution in [3.05, 3.63) is 41.3 Å². The molecule has 0 aliphatic rings. The molecule has 5 heteroatoms. The molecule has 2 rings (SSSR count). The highest BCUT2D eigenvalue weighted by Crippen LogP contribution is 2.13. The van der Waals surface area contributed by atoms with E-state index in [1.165, 1.54) is 6.08 Å². The highest BCUT2D eigenvalue weighted by Gasteiger charge is 2.00. The van der Waals surface area contributed by atoms with Gasteiger partial charge in [-0.3, -0.25) is 4.40 Å². The molecule has 0 unspecified atom stereocenters. The number of pyridine rings is 1. The van der Waals surface area contributed by atoms with E-state index < -0.39 is 5.97 Å². The maximum absolute atomic E-state index is 10.4. The quantitative estimate of drug-likeness (QED) is 0.792. The topological polar surface area (TPSA) is 54.6 Å². The van der Waals surface area contributed by atoms with E-state index >= 15 is 0 Å². The van der Waals surface area contributed by atoms with E-state index in [-0.39, 0.29) is 0 Å². The SMILES string of the molecule is O=C(O)C=Cc1cnc2ccc(Cl)cn12. The monoisotopic (exact) mass is 222 g/mol. The molecular formula is C10H7ClN2O2. The molecule has 2 heterocycles. The minimum atomic E-state index is -0.994. The summed E-state index contributed by atoms with van der Waals surface area (Å²) in [6.45, 7) is 0. The third kappa shape index (κ3) is 1.99. The first kappa shape index (κ1) is 9.73. The molecule has 0 aliphatic heterocycles. The van der Waals surface area contributed by atoms with Crippen molar-refractivity contribution >= 4 is 29.3 Å². The number of hydrogen-bond acceptors (Lipinski definition) is 2. The summed E-state index contributed by atoms with van der Waals surface area (Å²) in [6, 6.07) is 3.50. The van der Waals surface area contributed by atoms with Crippen LogP contribution in [0.4, 0.5) is 0 Å². The Labute approximate surface area is 90.4 Å². The Hall–Kier alpha value is -1.81. The molecule has 0 aliphatic carbocycles. The molecule has 2 aromatic rings. The van der Waals surface area contributed by atoms with Crippen LogP contribution in [0.25, 0.3) is 11.7 Å². The number of carbonyl (C=O) groups is 1. The molecule has 0 radical (unpaired) electrons. The van der Waals surface area contributed by atoms with Crippen molar-refractivity contribution in [1.82, 2.24) is 9.38 Å². The lowest BCUT2D eigenvalue weighted by atomic mass is 10.4. The second-order valence-corrected chi connectivity index (χ2v) is 3.37. The van der Waals surface area contributed by atoms with Crippen molar-refractivity contribution in [2.75, 3.05) is 0 Å². The number of carboxylic acid groups (broad SMARTS) is 1. The number of carboxylic acids is 1. The number of imidazole rings is 1. The fourth-order valence-corrected chi connectivity index (χ4v) is 1.41. The average Bonchev–Trinajstić information content (AvgIpc) is 2.57. The number of rotatable bonds is 2. The minimum Gasteiger partial charge on any atom is -0.478 e. The highest BCUT2D eigenvalue weighted by molar-refractivity contribution is 6.30. The van der Waals surface area contributed by atoms with Gasteiger partial charge in [0.05, 0.1) is 16.9 Å². The third-order valence-corrected chi connectivity index (χ3v) is 2.12. The second kappa shape index (κ2) is 3.74. The highest BCUT2D eigenvalue weighted by atomic mass is 35.5. The third-order valence-electron chi connectivity index (χ3n) is 1.89. The molecule has 0 spiro atoms. The van der Waals surface area contributed by atoms with Crippen molar-refractivity contribution in [2.24, 2.45) is 0 Å².